The monoisotopic (exact) mass is 720 g/mol. The molecule has 0 atom stereocenters. The Balaban J connectivity index is 0.000000239. The largest absolute Gasteiger partial charge is 1.00 e. The molecule has 0 bridgehead atoms. The first-order valence-corrected chi connectivity index (χ1v) is 15.4. The summed E-state index contributed by atoms with van der Waals surface area (Å²) in [6.07, 6.45) is -3.89. The molecule has 1 fully saturated rings. The third-order valence-corrected chi connectivity index (χ3v) is 7.69. The van der Waals surface area contributed by atoms with Crippen molar-refractivity contribution in [1.29, 1.82) is 0 Å². The average molecular weight is 721 g/mol. The number of rotatable bonds is 4. The second-order valence-corrected chi connectivity index (χ2v) is 11.9. The summed E-state index contributed by atoms with van der Waals surface area (Å²) in [5, 5.41) is 23.4. The number of pyridine rings is 2. The number of nitrogens with zero attached hydrogens (tertiary/aromatic N) is 6. The van der Waals surface area contributed by atoms with Crippen LogP contribution in [0.25, 0.3) is 33.5 Å². The van der Waals surface area contributed by atoms with Crippen LogP contribution in [0.3, 0.4) is 0 Å². The average Bonchev–Trinajstić information content (AvgIpc) is 3.86. The standard InChI is InChI=1S/C16H14F3N3O.C15H10F3N3O.C4H8O.CH3.Li/c1-15(2,23)12-6-3-10(4-7-12)11-5-8-13-20-21-14(16(17,18)19)22(13)9-11;1-9(22)10-2-4-11(5-3-10)12-6-7-13-19-20-14(15(16,17)18)21(13)8-12;1-2-4-5-3-1;;/h3-9,23H,1-2H3;2-8H,1H3;1-4H2;1H3;/q;;;-1;+1. The zero-order valence-electron chi connectivity index (χ0n) is 29.1. The summed E-state index contributed by atoms with van der Waals surface area (Å²) in [4.78, 5) is 11.2. The van der Waals surface area contributed by atoms with Crippen LogP contribution in [0.15, 0.2) is 85.2 Å². The molecule has 1 saturated heterocycles. The van der Waals surface area contributed by atoms with Crippen molar-refractivity contribution < 1.29 is 59.8 Å². The van der Waals surface area contributed by atoms with Crippen LogP contribution in [-0.4, -0.2) is 53.3 Å². The van der Waals surface area contributed by atoms with Gasteiger partial charge in [-0.05, 0) is 85.7 Å². The normalized spacial score (nSPS) is 13.0. The maximum absolute atomic E-state index is 12.9. The molecule has 270 valence electrons. The maximum Gasteiger partial charge on any atom is 1.00 e. The Hall–Kier alpha value is -4.55. The van der Waals surface area contributed by atoms with E-state index >= 15 is 0 Å². The van der Waals surface area contributed by atoms with Crippen molar-refractivity contribution in [1.82, 2.24) is 29.2 Å². The molecule has 7 rings (SSSR count). The summed E-state index contributed by atoms with van der Waals surface area (Å²) < 4.78 is 84.1. The molecular formula is C36H35F6LiN6O3. The summed E-state index contributed by atoms with van der Waals surface area (Å²) in [5.74, 6) is -2.19. The molecule has 1 aliphatic rings. The van der Waals surface area contributed by atoms with E-state index in [1.807, 2.05) is 0 Å². The van der Waals surface area contributed by atoms with E-state index in [9.17, 15) is 36.2 Å². The molecular weight excluding hydrogens is 685 g/mol. The Labute approximate surface area is 307 Å². The summed E-state index contributed by atoms with van der Waals surface area (Å²) >= 11 is 0. The number of fused-ring (bicyclic) bond motifs is 2. The fourth-order valence-corrected chi connectivity index (χ4v) is 4.99. The minimum Gasteiger partial charge on any atom is -0.386 e. The Morgan fingerprint density at radius 3 is 1.37 bits per heavy atom. The zero-order valence-corrected chi connectivity index (χ0v) is 29.1. The number of ketones is 1. The van der Waals surface area contributed by atoms with E-state index in [0.717, 1.165) is 33.1 Å². The van der Waals surface area contributed by atoms with E-state index < -0.39 is 29.6 Å². The molecule has 0 saturated carbocycles. The maximum atomic E-state index is 12.9. The number of hydrogen-bond donors (Lipinski definition) is 1. The number of Topliss-reactive ketones (excluding diaryl/α,β-unsaturated/α-hetero) is 1. The smallest absolute Gasteiger partial charge is 0.386 e. The number of benzene rings is 2. The van der Waals surface area contributed by atoms with Gasteiger partial charge in [0, 0.05) is 31.2 Å². The third-order valence-electron chi connectivity index (χ3n) is 7.69. The van der Waals surface area contributed by atoms with Gasteiger partial charge in [-0.3, -0.25) is 13.6 Å². The first kappa shape index (κ1) is 41.9. The van der Waals surface area contributed by atoms with Gasteiger partial charge >= 0.3 is 31.2 Å². The molecule has 1 aliphatic heterocycles. The first-order valence-electron chi connectivity index (χ1n) is 15.4. The van der Waals surface area contributed by atoms with Crippen LogP contribution in [0.4, 0.5) is 26.3 Å². The van der Waals surface area contributed by atoms with Gasteiger partial charge in [0.05, 0.1) is 5.60 Å². The van der Waals surface area contributed by atoms with Crippen LogP contribution in [0, 0.1) is 7.43 Å². The molecule has 16 heteroatoms. The van der Waals surface area contributed by atoms with E-state index in [2.05, 4.69) is 20.4 Å². The van der Waals surface area contributed by atoms with Gasteiger partial charge in [-0.2, -0.15) is 26.3 Å². The van der Waals surface area contributed by atoms with E-state index in [4.69, 9.17) is 4.74 Å². The molecule has 0 aliphatic carbocycles. The van der Waals surface area contributed by atoms with Gasteiger partial charge in [-0.1, -0.05) is 48.5 Å². The fraction of sp³-hybridized carbons (Fsp3) is 0.278. The van der Waals surface area contributed by atoms with Crippen molar-refractivity contribution in [2.24, 2.45) is 0 Å². The molecule has 1 N–H and O–H groups in total. The molecule has 4 aromatic heterocycles. The predicted molar refractivity (Wildman–Crippen MR) is 179 cm³/mol. The number of aliphatic hydroxyl groups is 1. The molecule has 6 aromatic rings. The number of hydrogen-bond acceptors (Lipinski definition) is 7. The fourth-order valence-electron chi connectivity index (χ4n) is 4.99. The molecule has 0 radical (unpaired) electrons. The number of alkyl halides is 6. The first-order chi connectivity index (χ1) is 23.5. The van der Waals surface area contributed by atoms with Crippen molar-refractivity contribution >= 4 is 17.1 Å². The Bertz CT molecular complexity index is 2080. The third kappa shape index (κ3) is 10.1. The number of ether oxygens (including phenoxy) is 1. The summed E-state index contributed by atoms with van der Waals surface area (Å²) in [6.45, 7) is 6.79. The van der Waals surface area contributed by atoms with Gasteiger partial charge in [0.2, 0.25) is 11.6 Å². The summed E-state index contributed by atoms with van der Waals surface area (Å²) in [7, 11) is 0. The molecule has 0 amide bonds. The summed E-state index contributed by atoms with van der Waals surface area (Å²) in [6, 6.07) is 20.0. The van der Waals surface area contributed by atoms with Crippen molar-refractivity contribution in [3.05, 3.63) is 115 Å². The van der Waals surface area contributed by atoms with Gasteiger partial charge < -0.3 is 17.3 Å². The number of carbonyl (C=O) groups is 1. The van der Waals surface area contributed by atoms with E-state index in [1.54, 1.807) is 74.5 Å². The Morgan fingerprint density at radius 1 is 0.654 bits per heavy atom. The molecule has 0 unspecified atom stereocenters. The van der Waals surface area contributed by atoms with Gasteiger partial charge in [0.1, 0.15) is 0 Å². The van der Waals surface area contributed by atoms with Crippen molar-refractivity contribution in [2.75, 3.05) is 13.2 Å². The topological polar surface area (TPSA) is 107 Å². The Morgan fingerprint density at radius 2 is 1.04 bits per heavy atom. The molecule has 52 heavy (non-hydrogen) atoms. The van der Waals surface area contributed by atoms with Crippen LogP contribution in [0.5, 0.6) is 0 Å². The predicted octanol–water partition coefficient (Wildman–Crippen LogP) is 5.51. The van der Waals surface area contributed by atoms with E-state index in [-0.39, 0.29) is 43.4 Å². The number of aromatic nitrogens is 6. The van der Waals surface area contributed by atoms with Crippen LogP contribution in [0.2, 0.25) is 0 Å². The van der Waals surface area contributed by atoms with Gasteiger partial charge in [0.15, 0.2) is 17.1 Å². The van der Waals surface area contributed by atoms with Crippen LogP contribution in [-0.2, 0) is 22.7 Å². The second kappa shape index (κ2) is 16.9. The SMILES string of the molecule is C1CCOC1.CC(=O)c1ccc(-c2ccc3nnc(C(F)(F)F)n3c2)cc1.CC(C)(O)c1ccc(-c2ccc3nnc(C(F)(F)F)n3c2)cc1.[CH3-].[Li+]. The Kier molecular flexibility index (Phi) is 13.6. The van der Waals surface area contributed by atoms with Gasteiger partial charge in [-0.15, -0.1) is 20.4 Å². The van der Waals surface area contributed by atoms with Crippen molar-refractivity contribution in [2.45, 2.75) is 51.6 Å². The zero-order chi connectivity index (χ0) is 36.3. The molecule has 9 nitrogen and oxygen atoms in total. The van der Waals surface area contributed by atoms with Crippen LogP contribution < -0.4 is 18.9 Å². The van der Waals surface area contributed by atoms with E-state index in [0.29, 0.717) is 22.3 Å². The minimum atomic E-state index is -4.57. The minimum absolute atomic E-state index is 0. The summed E-state index contributed by atoms with van der Waals surface area (Å²) in [5.41, 5.74) is 3.17. The van der Waals surface area contributed by atoms with E-state index in [1.165, 1.54) is 44.3 Å². The van der Waals surface area contributed by atoms with Gasteiger partial charge in [-0.25, -0.2) is 0 Å². The molecule has 0 spiro atoms. The molecule has 5 heterocycles. The molecule has 2 aromatic carbocycles. The van der Waals surface area contributed by atoms with Crippen molar-refractivity contribution in [3.63, 3.8) is 0 Å². The van der Waals surface area contributed by atoms with Gasteiger partial charge in [0.25, 0.3) is 0 Å². The van der Waals surface area contributed by atoms with Crippen LogP contribution in [0.1, 0.15) is 61.2 Å². The number of halogens is 6. The van der Waals surface area contributed by atoms with Crippen LogP contribution >= 0.6 is 0 Å². The number of carbonyl (C=O) groups excluding carboxylic acids is 1. The quantitative estimate of drug-likeness (QED) is 0.111. The van der Waals surface area contributed by atoms with Crippen molar-refractivity contribution in [3.8, 4) is 22.3 Å². The second-order valence-electron chi connectivity index (χ2n) is 11.9.